The summed E-state index contributed by atoms with van der Waals surface area (Å²) in [6.07, 6.45) is 0.0296. The first kappa shape index (κ1) is 13.4. The molecule has 0 saturated carbocycles. The minimum absolute atomic E-state index is 0.0775. The van der Waals surface area contributed by atoms with Crippen molar-refractivity contribution in [3.8, 4) is 0 Å². The number of ether oxygens (including phenoxy) is 1. The Labute approximate surface area is 96.7 Å². The second kappa shape index (κ2) is 5.14. The van der Waals surface area contributed by atoms with E-state index in [1.165, 1.54) is 4.90 Å². The Morgan fingerprint density at radius 3 is 2.62 bits per heavy atom. The lowest BCUT2D eigenvalue weighted by molar-refractivity contribution is -0.142. The molecule has 0 N–H and O–H groups in total. The van der Waals surface area contributed by atoms with Gasteiger partial charge in [-0.15, -0.1) is 0 Å². The summed E-state index contributed by atoms with van der Waals surface area (Å²) in [4.78, 5) is 13.3. The molecule has 1 aliphatic rings. The van der Waals surface area contributed by atoms with Crippen molar-refractivity contribution >= 4 is 15.7 Å². The number of nitrogens with zero attached hydrogens (tertiary/aromatic N) is 1. The highest BCUT2D eigenvalue weighted by Crippen LogP contribution is 2.17. The third kappa shape index (κ3) is 3.18. The van der Waals surface area contributed by atoms with Crippen molar-refractivity contribution in [2.75, 3.05) is 25.2 Å². The van der Waals surface area contributed by atoms with Crippen LogP contribution in [0.25, 0.3) is 0 Å². The maximum absolute atomic E-state index is 11.8. The molecule has 6 heteroatoms. The molecule has 2 atom stereocenters. The molecule has 5 nitrogen and oxygen atoms in total. The van der Waals surface area contributed by atoms with E-state index in [9.17, 15) is 13.2 Å². The van der Waals surface area contributed by atoms with E-state index >= 15 is 0 Å². The lowest BCUT2D eigenvalue weighted by Crippen LogP contribution is -2.43. The van der Waals surface area contributed by atoms with E-state index in [0.717, 1.165) is 0 Å². The molecule has 0 aromatic carbocycles. The Kier molecular flexibility index (Phi) is 4.32. The van der Waals surface area contributed by atoms with Crippen LogP contribution >= 0.6 is 0 Å². The zero-order valence-corrected chi connectivity index (χ0v) is 10.8. The number of carbonyl (C=O) groups excluding carboxylic acids is 1. The minimum atomic E-state index is -2.95. The highest BCUT2D eigenvalue weighted by molar-refractivity contribution is 7.91. The van der Waals surface area contributed by atoms with Gasteiger partial charge in [-0.2, -0.15) is 0 Å². The zero-order chi connectivity index (χ0) is 12.3. The van der Waals surface area contributed by atoms with Gasteiger partial charge in [-0.3, -0.25) is 4.79 Å². The Bertz CT molecular complexity index is 352. The first-order chi connectivity index (χ1) is 7.37. The molecule has 1 fully saturated rings. The van der Waals surface area contributed by atoms with Crippen molar-refractivity contribution in [1.29, 1.82) is 0 Å². The predicted molar refractivity (Wildman–Crippen MR) is 60.9 cm³/mol. The van der Waals surface area contributed by atoms with Crippen LogP contribution in [0.15, 0.2) is 0 Å². The Balaban J connectivity index is 2.58. The molecule has 1 aliphatic heterocycles. The van der Waals surface area contributed by atoms with Crippen molar-refractivity contribution < 1.29 is 17.9 Å². The van der Waals surface area contributed by atoms with Crippen LogP contribution in [0.4, 0.5) is 0 Å². The Hall–Kier alpha value is -0.620. The van der Waals surface area contributed by atoms with Gasteiger partial charge in [-0.1, -0.05) is 0 Å². The lowest BCUT2D eigenvalue weighted by atomic mass is 10.2. The number of carbonyl (C=O) groups is 1. The zero-order valence-electron chi connectivity index (χ0n) is 9.97. The summed E-state index contributed by atoms with van der Waals surface area (Å²) >= 11 is 0. The molecule has 0 spiro atoms. The molecule has 0 radical (unpaired) electrons. The average Bonchev–Trinajstić information content (AvgIpc) is 2.57. The quantitative estimate of drug-likeness (QED) is 0.706. The third-order valence-corrected chi connectivity index (χ3v) is 4.62. The van der Waals surface area contributed by atoms with E-state index in [4.69, 9.17) is 4.74 Å². The van der Waals surface area contributed by atoms with Gasteiger partial charge in [0.15, 0.2) is 9.84 Å². The van der Waals surface area contributed by atoms with Crippen molar-refractivity contribution in [3.05, 3.63) is 0 Å². The highest BCUT2D eigenvalue weighted by Gasteiger charge is 2.34. The van der Waals surface area contributed by atoms with E-state index in [1.807, 2.05) is 6.92 Å². The van der Waals surface area contributed by atoms with Crippen molar-refractivity contribution in [2.24, 2.45) is 0 Å². The summed E-state index contributed by atoms with van der Waals surface area (Å²) in [5, 5.41) is 0. The van der Waals surface area contributed by atoms with Gasteiger partial charge in [0.1, 0.15) is 6.10 Å². The third-order valence-electron chi connectivity index (χ3n) is 2.87. The van der Waals surface area contributed by atoms with Crippen molar-refractivity contribution in [2.45, 2.75) is 32.4 Å². The predicted octanol–water partition coefficient (Wildman–Crippen LogP) is 0.0569. The summed E-state index contributed by atoms with van der Waals surface area (Å²) in [6, 6.07) is -0.194. The van der Waals surface area contributed by atoms with Crippen molar-refractivity contribution in [3.63, 3.8) is 0 Å². The van der Waals surface area contributed by atoms with E-state index < -0.39 is 15.9 Å². The van der Waals surface area contributed by atoms with E-state index in [0.29, 0.717) is 13.0 Å². The fourth-order valence-corrected chi connectivity index (χ4v) is 3.64. The molecule has 0 unspecified atom stereocenters. The standard InChI is InChI=1S/C10H19NO4S/c1-4-15-8(2)10(12)11(3)9-5-6-16(13,14)7-9/h8-9H,4-7H2,1-3H3/t8-,9+/m0/s1. The molecule has 1 rings (SSSR count). The topological polar surface area (TPSA) is 63.7 Å². The second-order valence-corrected chi connectivity index (χ2v) is 6.33. The molecule has 1 heterocycles. The number of amides is 1. The number of likely N-dealkylation sites (N-methyl/N-ethyl adjacent to an activating group) is 1. The lowest BCUT2D eigenvalue weighted by Gasteiger charge is -2.26. The summed E-state index contributed by atoms with van der Waals surface area (Å²) in [6.45, 7) is 3.99. The van der Waals surface area contributed by atoms with Gasteiger partial charge in [0.2, 0.25) is 0 Å². The molecular formula is C10H19NO4S. The largest absolute Gasteiger partial charge is 0.369 e. The molecule has 0 bridgehead atoms. The second-order valence-electron chi connectivity index (χ2n) is 4.10. The van der Waals surface area contributed by atoms with Crippen LogP contribution in [0.2, 0.25) is 0 Å². The van der Waals surface area contributed by atoms with Crippen LogP contribution in [0.5, 0.6) is 0 Å². The Morgan fingerprint density at radius 1 is 1.56 bits per heavy atom. The molecule has 16 heavy (non-hydrogen) atoms. The van der Waals surface area contributed by atoms with E-state index in [2.05, 4.69) is 0 Å². The number of sulfone groups is 1. The monoisotopic (exact) mass is 249 g/mol. The van der Waals surface area contributed by atoms with Gasteiger partial charge in [-0.25, -0.2) is 8.42 Å². The van der Waals surface area contributed by atoms with Gasteiger partial charge >= 0.3 is 0 Å². The number of hydrogen-bond donors (Lipinski definition) is 0. The number of hydrogen-bond acceptors (Lipinski definition) is 4. The Morgan fingerprint density at radius 2 is 2.19 bits per heavy atom. The normalized spacial score (nSPS) is 25.3. The number of rotatable bonds is 4. The van der Waals surface area contributed by atoms with Crippen LogP contribution in [0, 0.1) is 0 Å². The minimum Gasteiger partial charge on any atom is -0.369 e. The molecular weight excluding hydrogens is 230 g/mol. The van der Waals surface area contributed by atoms with E-state index in [-0.39, 0.29) is 23.5 Å². The average molecular weight is 249 g/mol. The first-order valence-corrected chi connectivity index (χ1v) is 7.28. The van der Waals surface area contributed by atoms with Gasteiger partial charge in [0, 0.05) is 19.7 Å². The van der Waals surface area contributed by atoms with Gasteiger partial charge in [0.25, 0.3) is 5.91 Å². The van der Waals surface area contributed by atoms with Gasteiger partial charge in [0.05, 0.1) is 11.5 Å². The summed E-state index contributed by atoms with van der Waals surface area (Å²) in [7, 11) is -1.30. The fourth-order valence-electron chi connectivity index (χ4n) is 1.87. The van der Waals surface area contributed by atoms with Gasteiger partial charge in [-0.05, 0) is 20.3 Å². The summed E-state index contributed by atoms with van der Waals surface area (Å²) in [5.74, 6) is 0.107. The van der Waals surface area contributed by atoms with Crippen LogP contribution in [0.1, 0.15) is 20.3 Å². The van der Waals surface area contributed by atoms with E-state index in [1.54, 1.807) is 14.0 Å². The highest BCUT2D eigenvalue weighted by atomic mass is 32.2. The van der Waals surface area contributed by atoms with Crippen LogP contribution in [0.3, 0.4) is 0 Å². The molecule has 0 aromatic rings. The van der Waals surface area contributed by atoms with Crippen LogP contribution < -0.4 is 0 Å². The molecule has 94 valence electrons. The smallest absolute Gasteiger partial charge is 0.251 e. The molecule has 1 saturated heterocycles. The summed E-state index contributed by atoms with van der Waals surface area (Å²) < 4.78 is 27.8. The molecule has 0 aliphatic carbocycles. The fraction of sp³-hybridized carbons (Fsp3) is 0.900. The summed E-state index contributed by atoms with van der Waals surface area (Å²) in [5.41, 5.74) is 0. The van der Waals surface area contributed by atoms with Crippen molar-refractivity contribution in [1.82, 2.24) is 4.90 Å². The maximum atomic E-state index is 11.8. The SMILES string of the molecule is CCO[C@@H](C)C(=O)N(C)[C@@H]1CCS(=O)(=O)C1. The first-order valence-electron chi connectivity index (χ1n) is 5.46. The van der Waals surface area contributed by atoms with Gasteiger partial charge < -0.3 is 9.64 Å². The van der Waals surface area contributed by atoms with Crippen LogP contribution in [-0.4, -0.2) is 56.5 Å². The molecule has 0 aromatic heterocycles. The molecule has 1 amide bonds. The maximum Gasteiger partial charge on any atom is 0.251 e. The van der Waals surface area contributed by atoms with Crippen LogP contribution in [-0.2, 0) is 19.4 Å².